The Hall–Kier alpha value is -2.49. The lowest BCUT2D eigenvalue weighted by Crippen LogP contribution is -2.25. The second-order valence-electron chi connectivity index (χ2n) is 5.34. The number of amides is 1. The molecule has 0 spiro atoms. The molecule has 2 aromatic carbocycles. The first-order valence-electron chi connectivity index (χ1n) is 6.98. The summed E-state index contributed by atoms with van der Waals surface area (Å²) in [5.41, 5.74) is 5.42. The summed E-state index contributed by atoms with van der Waals surface area (Å²) in [5.74, 6) is 0.618. The highest BCUT2D eigenvalue weighted by Gasteiger charge is 2.15. The fourth-order valence-electron chi connectivity index (χ4n) is 2.36. The third kappa shape index (κ3) is 2.99. The van der Waals surface area contributed by atoms with Crippen molar-refractivity contribution in [3.05, 3.63) is 53.1 Å². The first kappa shape index (κ1) is 13.5. The van der Waals surface area contributed by atoms with Gasteiger partial charge < -0.3 is 15.4 Å². The standard InChI is InChI=1S/C17H18N2O2/c1-11-3-4-12(2)14(7-11)18-9-13-5-6-16-15(8-13)19-17(20)10-21-16/h3-8,18H,9-10H2,1-2H3,(H,19,20). The molecular weight excluding hydrogens is 264 g/mol. The van der Waals surface area contributed by atoms with Crippen molar-refractivity contribution in [2.24, 2.45) is 0 Å². The minimum absolute atomic E-state index is 0.0904. The van der Waals surface area contributed by atoms with Crippen LogP contribution in [0.25, 0.3) is 0 Å². The van der Waals surface area contributed by atoms with Crippen LogP contribution >= 0.6 is 0 Å². The minimum atomic E-state index is -0.109. The molecular formula is C17H18N2O2. The molecule has 0 fully saturated rings. The van der Waals surface area contributed by atoms with Gasteiger partial charge in [0.2, 0.25) is 0 Å². The van der Waals surface area contributed by atoms with Gasteiger partial charge in [0.15, 0.2) is 6.61 Å². The van der Waals surface area contributed by atoms with E-state index >= 15 is 0 Å². The molecule has 0 saturated heterocycles. The Morgan fingerprint density at radius 1 is 1.19 bits per heavy atom. The molecule has 0 saturated carbocycles. The van der Waals surface area contributed by atoms with Crippen molar-refractivity contribution in [3.63, 3.8) is 0 Å². The lowest BCUT2D eigenvalue weighted by molar-refractivity contribution is -0.118. The van der Waals surface area contributed by atoms with Gasteiger partial charge in [0.05, 0.1) is 5.69 Å². The topological polar surface area (TPSA) is 50.4 Å². The normalized spacial score (nSPS) is 13.1. The molecule has 0 aromatic heterocycles. The highest BCUT2D eigenvalue weighted by molar-refractivity contribution is 5.95. The van der Waals surface area contributed by atoms with Crippen LogP contribution in [0.1, 0.15) is 16.7 Å². The molecule has 4 heteroatoms. The maximum Gasteiger partial charge on any atom is 0.262 e. The van der Waals surface area contributed by atoms with E-state index in [-0.39, 0.29) is 12.5 Å². The first-order chi connectivity index (χ1) is 10.1. The molecule has 0 unspecified atom stereocenters. The summed E-state index contributed by atoms with van der Waals surface area (Å²) < 4.78 is 5.36. The van der Waals surface area contributed by atoms with E-state index in [0.717, 1.165) is 22.7 Å². The number of fused-ring (bicyclic) bond motifs is 1. The Morgan fingerprint density at radius 2 is 2.05 bits per heavy atom. The fraction of sp³-hybridized carbons (Fsp3) is 0.235. The van der Waals surface area contributed by atoms with Crippen LogP contribution < -0.4 is 15.4 Å². The summed E-state index contributed by atoms with van der Waals surface area (Å²) in [6.07, 6.45) is 0. The van der Waals surface area contributed by atoms with Gasteiger partial charge in [-0.2, -0.15) is 0 Å². The van der Waals surface area contributed by atoms with E-state index in [4.69, 9.17) is 4.74 Å². The van der Waals surface area contributed by atoms with Crippen LogP contribution in [-0.2, 0) is 11.3 Å². The van der Waals surface area contributed by atoms with Gasteiger partial charge in [-0.15, -0.1) is 0 Å². The maximum absolute atomic E-state index is 11.3. The number of anilines is 2. The zero-order chi connectivity index (χ0) is 14.8. The van der Waals surface area contributed by atoms with E-state index in [9.17, 15) is 4.79 Å². The molecule has 0 bridgehead atoms. The molecule has 1 aliphatic rings. The van der Waals surface area contributed by atoms with Crippen LogP contribution in [0, 0.1) is 13.8 Å². The highest BCUT2D eigenvalue weighted by Crippen LogP contribution is 2.28. The van der Waals surface area contributed by atoms with Crippen LogP contribution in [0.3, 0.4) is 0 Å². The largest absolute Gasteiger partial charge is 0.482 e. The molecule has 0 radical (unpaired) electrons. The van der Waals surface area contributed by atoms with E-state index in [1.807, 2.05) is 18.2 Å². The van der Waals surface area contributed by atoms with Gasteiger partial charge in [0.1, 0.15) is 5.75 Å². The smallest absolute Gasteiger partial charge is 0.262 e. The van der Waals surface area contributed by atoms with Gasteiger partial charge in [0.25, 0.3) is 5.91 Å². The Morgan fingerprint density at radius 3 is 2.90 bits per heavy atom. The predicted octanol–water partition coefficient (Wildman–Crippen LogP) is 3.25. The molecule has 1 aliphatic heterocycles. The quantitative estimate of drug-likeness (QED) is 0.908. The number of hydrogen-bond donors (Lipinski definition) is 2. The molecule has 1 heterocycles. The maximum atomic E-state index is 11.3. The van der Waals surface area contributed by atoms with E-state index < -0.39 is 0 Å². The number of ether oxygens (including phenoxy) is 1. The Labute approximate surface area is 124 Å². The monoisotopic (exact) mass is 282 g/mol. The van der Waals surface area contributed by atoms with Gasteiger partial charge in [-0.1, -0.05) is 18.2 Å². The summed E-state index contributed by atoms with van der Waals surface area (Å²) in [5, 5.41) is 6.26. The second kappa shape index (κ2) is 5.48. The minimum Gasteiger partial charge on any atom is -0.482 e. The van der Waals surface area contributed by atoms with Crippen LogP contribution in [0.4, 0.5) is 11.4 Å². The number of carbonyl (C=O) groups is 1. The highest BCUT2D eigenvalue weighted by atomic mass is 16.5. The Kier molecular flexibility index (Phi) is 3.52. The average molecular weight is 282 g/mol. The summed E-state index contributed by atoms with van der Waals surface area (Å²) in [6.45, 7) is 4.96. The van der Waals surface area contributed by atoms with E-state index in [0.29, 0.717) is 6.54 Å². The van der Waals surface area contributed by atoms with Crippen molar-refractivity contribution >= 4 is 17.3 Å². The molecule has 108 valence electrons. The number of aryl methyl sites for hydroxylation is 2. The van der Waals surface area contributed by atoms with Crippen molar-refractivity contribution in [1.29, 1.82) is 0 Å². The fourth-order valence-corrected chi connectivity index (χ4v) is 2.36. The van der Waals surface area contributed by atoms with Crippen molar-refractivity contribution in [1.82, 2.24) is 0 Å². The molecule has 1 amide bonds. The number of benzene rings is 2. The zero-order valence-corrected chi connectivity index (χ0v) is 12.2. The number of nitrogens with one attached hydrogen (secondary N) is 2. The van der Waals surface area contributed by atoms with Crippen molar-refractivity contribution in [3.8, 4) is 5.75 Å². The van der Waals surface area contributed by atoms with Gasteiger partial charge in [-0.25, -0.2) is 0 Å². The van der Waals surface area contributed by atoms with Crippen LogP contribution in [0.15, 0.2) is 36.4 Å². The Bertz CT molecular complexity index is 695. The van der Waals surface area contributed by atoms with Gasteiger partial charge >= 0.3 is 0 Å². The van der Waals surface area contributed by atoms with E-state index in [2.05, 4.69) is 42.7 Å². The number of carbonyl (C=O) groups excluding carboxylic acids is 1. The lowest BCUT2D eigenvalue weighted by atomic mass is 10.1. The molecule has 2 N–H and O–H groups in total. The van der Waals surface area contributed by atoms with Gasteiger partial charge in [0, 0.05) is 12.2 Å². The summed E-state index contributed by atoms with van der Waals surface area (Å²) in [6, 6.07) is 12.2. The van der Waals surface area contributed by atoms with Crippen LogP contribution in [0.5, 0.6) is 5.75 Å². The predicted molar refractivity (Wildman–Crippen MR) is 83.8 cm³/mol. The number of rotatable bonds is 3. The summed E-state index contributed by atoms with van der Waals surface area (Å²) in [4.78, 5) is 11.3. The molecule has 2 aromatic rings. The van der Waals surface area contributed by atoms with Gasteiger partial charge in [-0.3, -0.25) is 4.79 Å². The SMILES string of the molecule is Cc1ccc(C)c(NCc2ccc3c(c2)NC(=O)CO3)c1. The van der Waals surface area contributed by atoms with Crippen molar-refractivity contribution in [2.75, 3.05) is 17.2 Å². The first-order valence-corrected chi connectivity index (χ1v) is 6.98. The third-order valence-corrected chi connectivity index (χ3v) is 3.55. The zero-order valence-electron chi connectivity index (χ0n) is 12.2. The summed E-state index contributed by atoms with van der Waals surface area (Å²) in [7, 11) is 0. The van der Waals surface area contributed by atoms with E-state index in [1.165, 1.54) is 11.1 Å². The van der Waals surface area contributed by atoms with Gasteiger partial charge in [-0.05, 0) is 48.7 Å². The Balaban J connectivity index is 1.75. The number of hydrogen-bond acceptors (Lipinski definition) is 3. The van der Waals surface area contributed by atoms with Crippen molar-refractivity contribution < 1.29 is 9.53 Å². The molecule has 0 atom stereocenters. The van der Waals surface area contributed by atoms with Crippen molar-refractivity contribution in [2.45, 2.75) is 20.4 Å². The second-order valence-corrected chi connectivity index (χ2v) is 5.34. The van der Waals surface area contributed by atoms with E-state index in [1.54, 1.807) is 0 Å². The summed E-state index contributed by atoms with van der Waals surface area (Å²) >= 11 is 0. The molecule has 4 nitrogen and oxygen atoms in total. The molecule has 21 heavy (non-hydrogen) atoms. The molecule has 3 rings (SSSR count). The molecule has 0 aliphatic carbocycles. The van der Waals surface area contributed by atoms with Crippen LogP contribution in [-0.4, -0.2) is 12.5 Å². The third-order valence-electron chi connectivity index (χ3n) is 3.55. The van der Waals surface area contributed by atoms with Crippen LogP contribution in [0.2, 0.25) is 0 Å². The lowest BCUT2D eigenvalue weighted by Gasteiger charge is -2.19. The average Bonchev–Trinajstić information content (AvgIpc) is 2.47.